The summed E-state index contributed by atoms with van der Waals surface area (Å²) >= 11 is 12.6. The van der Waals surface area contributed by atoms with Gasteiger partial charge in [0.15, 0.2) is 5.69 Å². The highest BCUT2D eigenvalue weighted by atomic mass is 35.5. The molecule has 6 nitrogen and oxygen atoms in total. The Kier molecular flexibility index (Phi) is 7.38. The van der Waals surface area contributed by atoms with Crippen LogP contribution in [0.2, 0.25) is 10.0 Å². The van der Waals surface area contributed by atoms with Crippen molar-refractivity contribution < 1.29 is 27.1 Å². The minimum Gasteiger partial charge on any atom is -0.374 e. The Morgan fingerprint density at radius 1 is 1.31 bits per heavy atom. The van der Waals surface area contributed by atoms with Gasteiger partial charge >= 0.3 is 6.18 Å². The Bertz CT molecular complexity index is 1160. The maximum absolute atomic E-state index is 14.3. The summed E-state index contributed by atoms with van der Waals surface area (Å²) in [5.41, 5.74) is 5.08. The van der Waals surface area contributed by atoms with E-state index in [0.717, 1.165) is 0 Å². The zero-order chi connectivity index (χ0) is 26.6. The predicted molar refractivity (Wildman–Crippen MR) is 127 cm³/mol. The van der Waals surface area contributed by atoms with Crippen LogP contribution in [0.4, 0.5) is 17.6 Å². The van der Waals surface area contributed by atoms with E-state index >= 15 is 0 Å². The summed E-state index contributed by atoms with van der Waals surface area (Å²) in [7, 11) is 0. The molecular formula is C24H28Cl2F4N4O2. The molecule has 1 saturated heterocycles. The zero-order valence-electron chi connectivity index (χ0n) is 20.1. The van der Waals surface area contributed by atoms with E-state index in [1.807, 2.05) is 0 Å². The molecule has 1 aliphatic heterocycles. The number of amides is 1. The summed E-state index contributed by atoms with van der Waals surface area (Å²) in [6.07, 6.45) is -3.66. The smallest absolute Gasteiger partial charge is 0.374 e. The lowest BCUT2D eigenvalue weighted by molar-refractivity contribution is -0.146. The van der Waals surface area contributed by atoms with Crippen molar-refractivity contribution in [2.24, 2.45) is 5.73 Å². The van der Waals surface area contributed by atoms with Crippen LogP contribution in [-0.2, 0) is 27.7 Å². The number of carbonyl (C=O) groups is 1. The number of carbonyl (C=O) groups excluding carboxylic acids is 1. The number of nitrogens with zero attached hydrogens (tertiary/aromatic N) is 3. The summed E-state index contributed by atoms with van der Waals surface area (Å²) in [5, 5.41) is 3.91. The zero-order valence-corrected chi connectivity index (χ0v) is 21.6. The van der Waals surface area contributed by atoms with Crippen LogP contribution in [0.5, 0.6) is 0 Å². The van der Waals surface area contributed by atoms with Crippen LogP contribution in [0.15, 0.2) is 12.1 Å². The van der Waals surface area contributed by atoms with E-state index in [1.54, 1.807) is 20.8 Å². The lowest BCUT2D eigenvalue weighted by atomic mass is 9.99. The normalized spacial score (nSPS) is 22.2. The topological polar surface area (TPSA) is 73.4 Å². The van der Waals surface area contributed by atoms with Crippen molar-refractivity contribution in [1.82, 2.24) is 14.7 Å². The highest BCUT2D eigenvalue weighted by Crippen LogP contribution is 2.51. The lowest BCUT2D eigenvalue weighted by Gasteiger charge is -2.30. The maximum atomic E-state index is 14.3. The van der Waals surface area contributed by atoms with E-state index in [-0.39, 0.29) is 29.9 Å². The van der Waals surface area contributed by atoms with E-state index in [0.29, 0.717) is 35.1 Å². The number of rotatable bonds is 7. The minimum absolute atomic E-state index is 0.143. The van der Waals surface area contributed by atoms with Crippen molar-refractivity contribution in [2.45, 2.75) is 76.4 Å². The average molecular weight is 551 g/mol. The molecule has 2 aliphatic rings. The molecule has 2 heterocycles. The lowest BCUT2D eigenvalue weighted by Crippen LogP contribution is -2.38. The third-order valence-electron chi connectivity index (χ3n) is 6.82. The quantitative estimate of drug-likeness (QED) is 0.467. The Hall–Kier alpha value is -1.88. The third-order valence-corrected chi connectivity index (χ3v) is 7.70. The number of aryl methyl sites for hydroxylation is 1. The second-order valence-corrected chi connectivity index (χ2v) is 10.8. The molecule has 3 atom stereocenters. The second-order valence-electron chi connectivity index (χ2n) is 10.0. The van der Waals surface area contributed by atoms with Gasteiger partial charge in [0.1, 0.15) is 12.4 Å². The summed E-state index contributed by atoms with van der Waals surface area (Å²) in [5.74, 6) is -1.18. The summed E-state index contributed by atoms with van der Waals surface area (Å²) < 4.78 is 62.7. The largest absolute Gasteiger partial charge is 0.434 e. The monoisotopic (exact) mass is 550 g/mol. The highest BCUT2D eigenvalue weighted by Gasteiger charge is 2.49. The molecule has 198 valence electrons. The first-order chi connectivity index (χ1) is 16.7. The van der Waals surface area contributed by atoms with Crippen LogP contribution in [0.1, 0.15) is 61.7 Å². The number of hydrogen-bond acceptors (Lipinski definition) is 4. The molecular weight excluding hydrogens is 523 g/mol. The molecule has 12 heteroatoms. The molecule has 0 spiro atoms. The van der Waals surface area contributed by atoms with Crippen LogP contribution in [0.3, 0.4) is 0 Å². The van der Waals surface area contributed by atoms with E-state index < -0.39 is 52.7 Å². The van der Waals surface area contributed by atoms with Crippen LogP contribution in [0.25, 0.3) is 0 Å². The van der Waals surface area contributed by atoms with Crippen LogP contribution in [-0.4, -0.2) is 45.9 Å². The third kappa shape index (κ3) is 5.23. The van der Waals surface area contributed by atoms with E-state index in [1.165, 1.54) is 17.0 Å². The average Bonchev–Trinajstić information content (AvgIpc) is 3.21. The Labute approximate surface area is 216 Å². The first-order valence-corrected chi connectivity index (χ1v) is 12.4. The van der Waals surface area contributed by atoms with Crippen molar-refractivity contribution >= 4 is 29.1 Å². The van der Waals surface area contributed by atoms with Gasteiger partial charge in [0.25, 0.3) is 0 Å². The second kappa shape index (κ2) is 9.78. The van der Waals surface area contributed by atoms with E-state index in [2.05, 4.69) is 5.10 Å². The number of nitrogens with two attached hydrogens (primary N) is 1. The molecule has 1 amide bonds. The molecule has 0 radical (unpaired) electrons. The molecule has 4 rings (SSSR count). The molecule has 1 aromatic heterocycles. The van der Waals surface area contributed by atoms with Gasteiger partial charge in [-0.3, -0.25) is 4.79 Å². The van der Waals surface area contributed by atoms with Crippen LogP contribution < -0.4 is 5.73 Å². The van der Waals surface area contributed by atoms with E-state index in [9.17, 15) is 22.4 Å². The van der Waals surface area contributed by atoms with Crippen LogP contribution in [0, 0.1) is 12.7 Å². The fraction of sp³-hybridized carbons (Fsp3) is 0.583. The first-order valence-electron chi connectivity index (χ1n) is 11.7. The maximum Gasteiger partial charge on any atom is 0.434 e. The molecule has 1 aliphatic carbocycles. The number of benzene rings is 1. The minimum atomic E-state index is -4.80. The molecule has 36 heavy (non-hydrogen) atoms. The number of halogens is 6. The van der Waals surface area contributed by atoms with Gasteiger partial charge in [0.05, 0.1) is 29.5 Å². The van der Waals surface area contributed by atoms with Gasteiger partial charge in [0, 0.05) is 23.0 Å². The fourth-order valence-electron chi connectivity index (χ4n) is 4.68. The van der Waals surface area contributed by atoms with Crippen molar-refractivity contribution in [2.75, 3.05) is 13.2 Å². The van der Waals surface area contributed by atoms with Gasteiger partial charge < -0.3 is 15.4 Å². The van der Waals surface area contributed by atoms with Gasteiger partial charge in [0.2, 0.25) is 5.91 Å². The number of likely N-dealkylation sites (tertiary alicyclic amines) is 1. The number of ether oxygens (including phenoxy) is 1. The predicted octanol–water partition coefficient (Wildman–Crippen LogP) is 5.41. The van der Waals surface area contributed by atoms with Gasteiger partial charge in [-0.15, -0.1) is 0 Å². The Morgan fingerprint density at radius 2 is 1.97 bits per heavy atom. The van der Waals surface area contributed by atoms with Gasteiger partial charge in [-0.1, -0.05) is 30.1 Å². The summed E-state index contributed by atoms with van der Waals surface area (Å²) in [6, 6.07) is 1.40. The Balaban J connectivity index is 1.69. The molecule has 2 aromatic rings. The van der Waals surface area contributed by atoms with Crippen molar-refractivity contribution in [3.63, 3.8) is 0 Å². The highest BCUT2D eigenvalue weighted by molar-refractivity contribution is 6.32. The molecule has 1 aromatic carbocycles. The van der Waals surface area contributed by atoms with Crippen molar-refractivity contribution in [3.8, 4) is 0 Å². The molecule has 2 N–H and O–H groups in total. The SMILES string of the molecule is Cc1cc(F)cc([C@@H]2[C@H](OC[C@@H](C)N)CCN2C(=O)Cn2nc(C3(C)CC3)c(Cl)c2C(F)(F)F)c1Cl. The standard InChI is InChI=1S/C24H28Cl2F4N4O2/c1-12-8-14(27)9-15(18(12)25)20-16(36-11-13(2)31)4-7-33(20)17(35)10-34-22(24(28,29)30)19(26)21(32-34)23(3)5-6-23/h8-9,13,16,20H,4-7,10-11,31H2,1-3H3/t13-,16-,20-/m1/s1. The van der Waals surface area contributed by atoms with Gasteiger partial charge in [-0.05, 0) is 56.4 Å². The van der Waals surface area contributed by atoms with Gasteiger partial charge in [-0.2, -0.15) is 18.3 Å². The number of aromatic nitrogens is 2. The van der Waals surface area contributed by atoms with Gasteiger partial charge in [-0.25, -0.2) is 9.07 Å². The summed E-state index contributed by atoms with van der Waals surface area (Å²) in [6.45, 7) is 4.86. The number of alkyl halides is 3. The molecule has 0 unspecified atom stereocenters. The van der Waals surface area contributed by atoms with Crippen LogP contribution >= 0.6 is 23.2 Å². The fourth-order valence-corrected chi connectivity index (χ4v) is 5.37. The molecule has 0 bridgehead atoms. The summed E-state index contributed by atoms with van der Waals surface area (Å²) in [4.78, 5) is 14.8. The van der Waals surface area contributed by atoms with Crippen molar-refractivity contribution in [1.29, 1.82) is 0 Å². The first kappa shape index (κ1) is 27.2. The number of hydrogen-bond donors (Lipinski definition) is 1. The van der Waals surface area contributed by atoms with E-state index in [4.69, 9.17) is 33.7 Å². The van der Waals surface area contributed by atoms with Crippen molar-refractivity contribution in [3.05, 3.63) is 50.5 Å². The molecule has 2 fully saturated rings. The molecule has 1 saturated carbocycles. The Morgan fingerprint density at radius 3 is 2.56 bits per heavy atom.